The monoisotopic (exact) mass is 249 g/mol. The SMILES string of the molecule is CCNc1cc(N(C)[C@H]2CNCC[C@H]2C)ncn1. The van der Waals surface area contributed by atoms with Crippen molar-refractivity contribution >= 4 is 11.6 Å². The molecule has 2 heterocycles. The van der Waals surface area contributed by atoms with Crippen LogP contribution in [-0.2, 0) is 0 Å². The second-order valence-electron chi connectivity index (χ2n) is 4.94. The Morgan fingerprint density at radius 3 is 3.06 bits per heavy atom. The summed E-state index contributed by atoms with van der Waals surface area (Å²) in [5.41, 5.74) is 0. The van der Waals surface area contributed by atoms with Crippen molar-refractivity contribution in [1.82, 2.24) is 15.3 Å². The molecule has 0 amide bonds. The Labute approximate surface area is 109 Å². The summed E-state index contributed by atoms with van der Waals surface area (Å²) in [6.07, 6.45) is 2.85. The number of anilines is 2. The molecule has 0 bridgehead atoms. The van der Waals surface area contributed by atoms with Gasteiger partial charge in [-0.15, -0.1) is 0 Å². The van der Waals surface area contributed by atoms with Crippen LogP contribution in [0.2, 0.25) is 0 Å². The van der Waals surface area contributed by atoms with Gasteiger partial charge in [0.2, 0.25) is 0 Å². The quantitative estimate of drug-likeness (QED) is 0.843. The molecule has 1 aromatic rings. The van der Waals surface area contributed by atoms with Gasteiger partial charge in [-0.25, -0.2) is 9.97 Å². The standard InChI is InChI=1S/C13H23N5/c1-4-15-12-7-13(17-9-16-12)18(3)11-8-14-6-5-10(11)2/h7,9-11,14H,4-6,8H2,1-3H3,(H,15,16,17)/t10-,11+/m1/s1. The zero-order valence-corrected chi connectivity index (χ0v) is 11.5. The Bertz CT molecular complexity index is 381. The van der Waals surface area contributed by atoms with E-state index in [1.54, 1.807) is 6.33 Å². The van der Waals surface area contributed by atoms with Crippen LogP contribution >= 0.6 is 0 Å². The van der Waals surface area contributed by atoms with E-state index in [9.17, 15) is 0 Å². The maximum Gasteiger partial charge on any atom is 0.134 e. The average Bonchev–Trinajstić information content (AvgIpc) is 2.39. The lowest BCUT2D eigenvalue weighted by molar-refractivity contribution is 0.337. The van der Waals surface area contributed by atoms with Crippen LogP contribution in [0.4, 0.5) is 11.6 Å². The fraction of sp³-hybridized carbons (Fsp3) is 0.692. The fourth-order valence-electron chi connectivity index (χ4n) is 2.48. The first-order valence-electron chi connectivity index (χ1n) is 6.71. The summed E-state index contributed by atoms with van der Waals surface area (Å²) in [5, 5.41) is 6.68. The van der Waals surface area contributed by atoms with Gasteiger partial charge in [0, 0.05) is 32.2 Å². The highest BCUT2D eigenvalue weighted by Gasteiger charge is 2.25. The normalized spacial score (nSPS) is 23.7. The van der Waals surface area contributed by atoms with Gasteiger partial charge in [-0.2, -0.15) is 0 Å². The smallest absolute Gasteiger partial charge is 0.134 e. The van der Waals surface area contributed by atoms with Gasteiger partial charge in [0.15, 0.2) is 0 Å². The number of nitrogens with one attached hydrogen (secondary N) is 2. The molecule has 0 radical (unpaired) electrons. The molecule has 0 aromatic carbocycles. The molecule has 5 nitrogen and oxygen atoms in total. The van der Waals surface area contributed by atoms with E-state index in [2.05, 4.69) is 46.4 Å². The summed E-state index contributed by atoms with van der Waals surface area (Å²) in [4.78, 5) is 10.9. The van der Waals surface area contributed by atoms with Gasteiger partial charge in [-0.05, 0) is 25.8 Å². The lowest BCUT2D eigenvalue weighted by Crippen LogP contribution is -2.49. The zero-order valence-electron chi connectivity index (χ0n) is 11.5. The number of nitrogens with zero attached hydrogens (tertiary/aromatic N) is 3. The Morgan fingerprint density at radius 1 is 1.50 bits per heavy atom. The summed E-state index contributed by atoms with van der Waals surface area (Å²) in [6.45, 7) is 7.41. The van der Waals surface area contributed by atoms with E-state index < -0.39 is 0 Å². The molecule has 1 aliphatic heterocycles. The molecule has 2 rings (SSSR count). The molecule has 1 aromatic heterocycles. The van der Waals surface area contributed by atoms with E-state index >= 15 is 0 Å². The molecule has 1 aliphatic rings. The molecular weight excluding hydrogens is 226 g/mol. The number of aromatic nitrogens is 2. The summed E-state index contributed by atoms with van der Waals surface area (Å²) < 4.78 is 0. The predicted octanol–water partition coefficient (Wildman–Crippen LogP) is 1.34. The number of piperidine rings is 1. The fourth-order valence-corrected chi connectivity index (χ4v) is 2.48. The zero-order chi connectivity index (χ0) is 13.0. The topological polar surface area (TPSA) is 53.1 Å². The highest BCUT2D eigenvalue weighted by Crippen LogP contribution is 2.22. The maximum absolute atomic E-state index is 4.38. The van der Waals surface area contributed by atoms with Crippen LogP contribution in [0.3, 0.4) is 0 Å². The summed E-state index contributed by atoms with van der Waals surface area (Å²) in [6, 6.07) is 2.52. The third-order valence-electron chi connectivity index (χ3n) is 3.66. The Balaban J connectivity index is 2.11. The average molecular weight is 249 g/mol. The second kappa shape index (κ2) is 6.00. The predicted molar refractivity (Wildman–Crippen MR) is 75.0 cm³/mol. The molecule has 18 heavy (non-hydrogen) atoms. The molecule has 100 valence electrons. The molecule has 1 fully saturated rings. The van der Waals surface area contributed by atoms with Crippen molar-refractivity contribution in [2.45, 2.75) is 26.3 Å². The summed E-state index contributed by atoms with van der Waals surface area (Å²) in [7, 11) is 2.12. The van der Waals surface area contributed by atoms with Crippen LogP contribution in [0, 0.1) is 5.92 Å². The molecule has 1 saturated heterocycles. The Hall–Kier alpha value is -1.36. The van der Waals surface area contributed by atoms with Crippen molar-refractivity contribution in [3.8, 4) is 0 Å². The van der Waals surface area contributed by atoms with Gasteiger partial charge in [0.05, 0.1) is 0 Å². The first-order chi connectivity index (χ1) is 8.72. The van der Waals surface area contributed by atoms with E-state index in [1.165, 1.54) is 6.42 Å². The molecule has 2 N–H and O–H groups in total. The molecule has 0 saturated carbocycles. The van der Waals surface area contributed by atoms with Crippen LogP contribution in [-0.4, -0.2) is 42.7 Å². The van der Waals surface area contributed by atoms with Crippen molar-refractivity contribution in [3.05, 3.63) is 12.4 Å². The van der Waals surface area contributed by atoms with Crippen molar-refractivity contribution < 1.29 is 0 Å². The largest absolute Gasteiger partial charge is 0.370 e. The van der Waals surface area contributed by atoms with Crippen molar-refractivity contribution in [1.29, 1.82) is 0 Å². The molecular formula is C13H23N5. The van der Waals surface area contributed by atoms with Crippen LogP contribution < -0.4 is 15.5 Å². The Morgan fingerprint density at radius 2 is 2.33 bits per heavy atom. The minimum Gasteiger partial charge on any atom is -0.370 e. The van der Waals surface area contributed by atoms with E-state index in [0.717, 1.165) is 31.3 Å². The van der Waals surface area contributed by atoms with Gasteiger partial charge in [-0.1, -0.05) is 6.92 Å². The highest BCUT2D eigenvalue weighted by molar-refractivity contribution is 5.48. The van der Waals surface area contributed by atoms with Crippen LogP contribution in [0.5, 0.6) is 0 Å². The van der Waals surface area contributed by atoms with E-state index in [0.29, 0.717) is 12.0 Å². The third kappa shape index (κ3) is 2.90. The van der Waals surface area contributed by atoms with Gasteiger partial charge >= 0.3 is 0 Å². The minimum atomic E-state index is 0.503. The first kappa shape index (κ1) is 13.1. The van der Waals surface area contributed by atoms with E-state index in [4.69, 9.17) is 0 Å². The van der Waals surface area contributed by atoms with E-state index in [1.807, 2.05) is 6.07 Å². The molecule has 0 spiro atoms. The van der Waals surface area contributed by atoms with Gasteiger partial charge in [-0.3, -0.25) is 0 Å². The van der Waals surface area contributed by atoms with Gasteiger partial charge in [0.25, 0.3) is 0 Å². The van der Waals surface area contributed by atoms with Gasteiger partial charge in [0.1, 0.15) is 18.0 Å². The molecule has 0 unspecified atom stereocenters. The van der Waals surface area contributed by atoms with Gasteiger partial charge < -0.3 is 15.5 Å². The summed E-state index contributed by atoms with van der Waals surface area (Å²) in [5.74, 6) is 2.57. The maximum atomic E-state index is 4.38. The summed E-state index contributed by atoms with van der Waals surface area (Å²) >= 11 is 0. The minimum absolute atomic E-state index is 0.503. The number of hydrogen-bond acceptors (Lipinski definition) is 5. The molecule has 2 atom stereocenters. The van der Waals surface area contributed by atoms with Crippen LogP contribution in [0.15, 0.2) is 12.4 Å². The lowest BCUT2D eigenvalue weighted by Gasteiger charge is -2.37. The van der Waals surface area contributed by atoms with Crippen LogP contribution in [0.1, 0.15) is 20.3 Å². The van der Waals surface area contributed by atoms with Crippen molar-refractivity contribution in [2.75, 3.05) is 36.9 Å². The first-order valence-corrected chi connectivity index (χ1v) is 6.71. The van der Waals surface area contributed by atoms with Crippen molar-refractivity contribution in [3.63, 3.8) is 0 Å². The molecule has 0 aliphatic carbocycles. The van der Waals surface area contributed by atoms with E-state index in [-0.39, 0.29) is 0 Å². The molecule has 5 heteroatoms. The lowest BCUT2D eigenvalue weighted by atomic mass is 9.94. The third-order valence-corrected chi connectivity index (χ3v) is 3.66. The highest BCUT2D eigenvalue weighted by atomic mass is 15.2. The second-order valence-corrected chi connectivity index (χ2v) is 4.94. The number of hydrogen-bond donors (Lipinski definition) is 2. The number of likely N-dealkylation sites (N-methyl/N-ethyl adjacent to an activating group) is 1. The number of rotatable bonds is 4. The van der Waals surface area contributed by atoms with Crippen molar-refractivity contribution in [2.24, 2.45) is 5.92 Å². The van der Waals surface area contributed by atoms with Crippen LogP contribution in [0.25, 0.3) is 0 Å². The Kier molecular flexibility index (Phi) is 4.36.